The minimum absolute atomic E-state index is 0.136. The summed E-state index contributed by atoms with van der Waals surface area (Å²) in [5.41, 5.74) is 0.952. The largest absolute Gasteiger partial charge is 0.341 e. The maximum Gasteiger partial charge on any atom is 0.318 e. The Balaban J connectivity index is 1.76. The van der Waals surface area contributed by atoms with Crippen LogP contribution in [0.3, 0.4) is 0 Å². The highest BCUT2D eigenvalue weighted by Gasteiger charge is 2.20. The molecule has 0 fully saturated rings. The van der Waals surface area contributed by atoms with Gasteiger partial charge in [-0.15, -0.1) is 10.2 Å². The molecule has 0 radical (unpaired) electrons. The van der Waals surface area contributed by atoms with Crippen LogP contribution in [0.15, 0.2) is 58.8 Å². The Morgan fingerprint density at radius 2 is 1.77 bits per heavy atom. The van der Waals surface area contributed by atoms with E-state index in [-0.39, 0.29) is 17.3 Å². The number of nitro groups is 1. The summed E-state index contributed by atoms with van der Waals surface area (Å²) in [6, 6.07) is 10.3. The SMILES string of the molecule is CNC(=O)Nc1ccc(NC(=O)c2ccc(Sc3nncn3C)c([N+](=O)[O-])c2)cc1. The molecule has 0 aliphatic heterocycles. The van der Waals surface area contributed by atoms with Crippen LogP contribution in [0.25, 0.3) is 0 Å². The van der Waals surface area contributed by atoms with E-state index >= 15 is 0 Å². The average Bonchev–Trinajstić information content (AvgIpc) is 3.13. The van der Waals surface area contributed by atoms with Crippen LogP contribution in [-0.4, -0.2) is 38.7 Å². The normalized spacial score (nSPS) is 10.3. The third-order valence-electron chi connectivity index (χ3n) is 3.92. The average molecular weight is 427 g/mol. The van der Waals surface area contributed by atoms with Crippen molar-refractivity contribution in [2.45, 2.75) is 10.1 Å². The molecule has 0 bridgehead atoms. The second kappa shape index (κ2) is 9.05. The van der Waals surface area contributed by atoms with Gasteiger partial charge in [0.1, 0.15) is 6.33 Å². The minimum Gasteiger partial charge on any atom is -0.341 e. The van der Waals surface area contributed by atoms with Crippen LogP contribution in [-0.2, 0) is 7.05 Å². The van der Waals surface area contributed by atoms with Gasteiger partial charge < -0.3 is 20.5 Å². The van der Waals surface area contributed by atoms with E-state index in [4.69, 9.17) is 0 Å². The van der Waals surface area contributed by atoms with Gasteiger partial charge in [-0.25, -0.2) is 4.79 Å². The number of amides is 3. The topological polar surface area (TPSA) is 144 Å². The maximum atomic E-state index is 12.5. The third-order valence-corrected chi connectivity index (χ3v) is 5.03. The number of urea groups is 1. The summed E-state index contributed by atoms with van der Waals surface area (Å²) in [4.78, 5) is 35.1. The Morgan fingerprint density at radius 1 is 1.10 bits per heavy atom. The van der Waals surface area contributed by atoms with Crippen molar-refractivity contribution < 1.29 is 14.5 Å². The molecule has 0 aliphatic carbocycles. The van der Waals surface area contributed by atoms with E-state index in [1.165, 1.54) is 31.6 Å². The summed E-state index contributed by atoms with van der Waals surface area (Å²) >= 11 is 1.08. The molecule has 154 valence electrons. The van der Waals surface area contributed by atoms with E-state index in [9.17, 15) is 19.7 Å². The Labute approximate surface area is 175 Å². The fraction of sp³-hybridized carbons (Fsp3) is 0.111. The molecule has 11 nitrogen and oxygen atoms in total. The molecule has 1 aromatic heterocycles. The molecule has 3 rings (SSSR count). The van der Waals surface area contributed by atoms with E-state index in [1.54, 1.807) is 35.9 Å². The standard InChI is InChI=1S/C18H17N7O4S/c1-19-17(27)22-13-6-4-12(5-7-13)21-16(26)11-3-8-15(14(9-11)25(28)29)30-18-23-20-10-24(18)2/h3-10H,1-2H3,(H,21,26)(H2,19,22,27). The third kappa shape index (κ3) is 4.91. The van der Waals surface area contributed by atoms with E-state index < -0.39 is 10.8 Å². The van der Waals surface area contributed by atoms with E-state index in [1.807, 2.05) is 0 Å². The molecular weight excluding hydrogens is 410 g/mol. The first-order valence-electron chi connectivity index (χ1n) is 8.58. The zero-order chi connectivity index (χ0) is 21.7. The molecule has 0 aliphatic rings. The van der Waals surface area contributed by atoms with E-state index in [2.05, 4.69) is 26.1 Å². The molecule has 0 spiro atoms. The lowest BCUT2D eigenvalue weighted by molar-refractivity contribution is -0.387. The Kier molecular flexibility index (Phi) is 6.27. The molecule has 0 saturated carbocycles. The summed E-state index contributed by atoms with van der Waals surface area (Å²) in [6.07, 6.45) is 1.49. The zero-order valence-corrected chi connectivity index (χ0v) is 16.8. The van der Waals surface area contributed by atoms with Gasteiger partial charge in [0, 0.05) is 37.1 Å². The van der Waals surface area contributed by atoms with Crippen molar-refractivity contribution in [3.63, 3.8) is 0 Å². The summed E-state index contributed by atoms with van der Waals surface area (Å²) in [5, 5.41) is 27.3. The van der Waals surface area contributed by atoms with Crippen LogP contribution in [0.5, 0.6) is 0 Å². The van der Waals surface area contributed by atoms with Crippen molar-refractivity contribution >= 4 is 40.8 Å². The van der Waals surface area contributed by atoms with Gasteiger partial charge in [0.25, 0.3) is 11.6 Å². The highest BCUT2D eigenvalue weighted by molar-refractivity contribution is 7.99. The van der Waals surface area contributed by atoms with Crippen LogP contribution in [0.4, 0.5) is 21.9 Å². The van der Waals surface area contributed by atoms with Crippen molar-refractivity contribution in [1.29, 1.82) is 0 Å². The van der Waals surface area contributed by atoms with E-state index in [0.29, 0.717) is 21.4 Å². The van der Waals surface area contributed by atoms with Gasteiger partial charge in [0.15, 0.2) is 5.16 Å². The molecule has 30 heavy (non-hydrogen) atoms. The number of hydrogen-bond acceptors (Lipinski definition) is 7. The molecular formula is C18H17N7O4S. The Morgan fingerprint density at radius 3 is 2.33 bits per heavy atom. The van der Waals surface area contributed by atoms with Crippen LogP contribution in [0.2, 0.25) is 0 Å². The van der Waals surface area contributed by atoms with Crippen LogP contribution in [0.1, 0.15) is 10.4 Å². The Hall–Kier alpha value is -3.93. The summed E-state index contributed by atoms with van der Waals surface area (Å²) in [5.74, 6) is -0.500. The lowest BCUT2D eigenvalue weighted by atomic mass is 10.2. The van der Waals surface area contributed by atoms with Gasteiger partial charge in [-0.1, -0.05) is 0 Å². The lowest BCUT2D eigenvalue weighted by Crippen LogP contribution is -2.24. The van der Waals surface area contributed by atoms with Crippen LogP contribution < -0.4 is 16.0 Å². The number of rotatable bonds is 6. The molecule has 3 aromatic rings. The number of anilines is 2. The second-order valence-electron chi connectivity index (χ2n) is 6.00. The number of carbonyl (C=O) groups excluding carboxylic acids is 2. The molecule has 0 atom stereocenters. The number of aryl methyl sites for hydroxylation is 1. The molecule has 0 saturated heterocycles. The summed E-state index contributed by atoms with van der Waals surface area (Å²) in [6.45, 7) is 0. The minimum atomic E-state index is -0.547. The maximum absolute atomic E-state index is 12.5. The highest BCUT2D eigenvalue weighted by Crippen LogP contribution is 2.34. The van der Waals surface area contributed by atoms with Gasteiger partial charge in [-0.3, -0.25) is 14.9 Å². The van der Waals surface area contributed by atoms with E-state index in [0.717, 1.165) is 11.8 Å². The fourth-order valence-corrected chi connectivity index (χ4v) is 3.23. The number of carbonyl (C=O) groups is 2. The molecule has 2 aromatic carbocycles. The first kappa shape index (κ1) is 20.8. The van der Waals surface area contributed by atoms with Gasteiger partial charge in [-0.05, 0) is 48.2 Å². The van der Waals surface area contributed by atoms with Crippen LogP contribution in [0, 0.1) is 10.1 Å². The van der Waals surface area contributed by atoms with Crippen molar-refractivity contribution in [3.8, 4) is 0 Å². The number of hydrogen-bond donors (Lipinski definition) is 3. The molecule has 12 heteroatoms. The predicted octanol–water partition coefficient (Wildman–Crippen LogP) is 2.88. The number of aromatic nitrogens is 3. The van der Waals surface area contributed by atoms with Crippen molar-refractivity contribution in [2.75, 3.05) is 17.7 Å². The second-order valence-corrected chi connectivity index (χ2v) is 7.01. The summed E-state index contributed by atoms with van der Waals surface area (Å²) in [7, 11) is 3.23. The van der Waals surface area contributed by atoms with Crippen LogP contribution >= 0.6 is 11.8 Å². The van der Waals surface area contributed by atoms with Crippen molar-refractivity contribution in [1.82, 2.24) is 20.1 Å². The van der Waals surface area contributed by atoms with Gasteiger partial charge in [-0.2, -0.15) is 0 Å². The predicted molar refractivity (Wildman–Crippen MR) is 111 cm³/mol. The molecule has 0 unspecified atom stereocenters. The smallest absolute Gasteiger partial charge is 0.318 e. The van der Waals surface area contributed by atoms with Crippen molar-refractivity contribution in [2.24, 2.45) is 7.05 Å². The number of nitro benzene ring substituents is 1. The summed E-state index contributed by atoms with van der Waals surface area (Å²) < 4.78 is 1.64. The first-order valence-corrected chi connectivity index (χ1v) is 9.39. The monoisotopic (exact) mass is 427 g/mol. The number of nitrogens with zero attached hydrogens (tertiary/aromatic N) is 4. The highest BCUT2D eigenvalue weighted by atomic mass is 32.2. The molecule has 1 heterocycles. The van der Waals surface area contributed by atoms with Crippen molar-refractivity contribution in [3.05, 3.63) is 64.5 Å². The lowest BCUT2D eigenvalue weighted by Gasteiger charge is -2.09. The zero-order valence-electron chi connectivity index (χ0n) is 15.9. The van der Waals surface area contributed by atoms with Gasteiger partial charge in [0.05, 0.1) is 9.82 Å². The quantitative estimate of drug-likeness (QED) is 0.405. The first-order chi connectivity index (χ1) is 14.4. The Bertz CT molecular complexity index is 1100. The molecule has 3 N–H and O–H groups in total. The number of nitrogens with one attached hydrogen (secondary N) is 3. The fourth-order valence-electron chi connectivity index (χ4n) is 2.38. The molecule has 3 amide bonds. The van der Waals surface area contributed by atoms with Gasteiger partial charge >= 0.3 is 6.03 Å². The number of benzene rings is 2. The van der Waals surface area contributed by atoms with Gasteiger partial charge in [0.2, 0.25) is 0 Å².